The fourth-order valence-electron chi connectivity index (χ4n) is 4.48. The van der Waals surface area contributed by atoms with Gasteiger partial charge in [0.05, 0.1) is 6.26 Å². The highest BCUT2D eigenvalue weighted by molar-refractivity contribution is 14.0. The van der Waals surface area contributed by atoms with Crippen LogP contribution in [0.15, 0.2) is 22.5 Å². The van der Waals surface area contributed by atoms with E-state index in [0.717, 1.165) is 31.9 Å². The molecule has 2 N–H and O–H groups in total. The van der Waals surface area contributed by atoms with E-state index in [-0.39, 0.29) is 29.4 Å². The quantitative estimate of drug-likeness (QED) is 0.321. The molecule has 1 aromatic rings. The van der Waals surface area contributed by atoms with Crippen molar-refractivity contribution in [2.45, 2.75) is 50.4 Å². The van der Waals surface area contributed by atoms with Crippen molar-refractivity contribution >= 4 is 51.3 Å². The van der Waals surface area contributed by atoms with E-state index in [0.29, 0.717) is 19.0 Å². The zero-order chi connectivity index (χ0) is 20.0. The van der Waals surface area contributed by atoms with Crippen LogP contribution in [0.5, 0.6) is 0 Å². The average Bonchev–Trinajstić information content (AvgIpc) is 3.24. The van der Waals surface area contributed by atoms with Crippen LogP contribution in [0.25, 0.3) is 0 Å². The molecule has 166 valence electrons. The van der Waals surface area contributed by atoms with Crippen LogP contribution in [0, 0.1) is 5.92 Å². The topological polar surface area (TPSA) is 73.8 Å². The number of aliphatic imine (C=N–C) groups is 1. The Hall–Kier alpha value is -0.390. The Kier molecular flexibility index (Phi) is 9.69. The second-order valence-corrected chi connectivity index (χ2v) is 11.2. The number of sulfonamides is 1. The molecule has 0 bridgehead atoms. The summed E-state index contributed by atoms with van der Waals surface area (Å²) in [6.45, 7) is 3.00. The van der Waals surface area contributed by atoms with Gasteiger partial charge in [0.2, 0.25) is 10.0 Å². The van der Waals surface area contributed by atoms with Gasteiger partial charge in [0.1, 0.15) is 0 Å². The molecular formula is C20H35IN4O2S2. The van der Waals surface area contributed by atoms with E-state index in [1.165, 1.54) is 43.2 Å². The maximum absolute atomic E-state index is 11.7. The lowest BCUT2D eigenvalue weighted by molar-refractivity contribution is 0.273. The van der Waals surface area contributed by atoms with Crippen molar-refractivity contribution in [3.63, 3.8) is 0 Å². The summed E-state index contributed by atoms with van der Waals surface area (Å²) in [6, 6.07) is 4.44. The van der Waals surface area contributed by atoms with E-state index < -0.39 is 10.0 Å². The van der Waals surface area contributed by atoms with E-state index in [1.807, 2.05) is 18.4 Å². The molecule has 9 heteroatoms. The molecule has 6 nitrogen and oxygen atoms in total. The first-order chi connectivity index (χ1) is 13.4. The van der Waals surface area contributed by atoms with Crippen molar-refractivity contribution in [3.8, 4) is 0 Å². The second-order valence-electron chi connectivity index (χ2n) is 8.23. The van der Waals surface area contributed by atoms with Crippen LogP contribution < -0.4 is 10.6 Å². The third kappa shape index (κ3) is 6.80. The van der Waals surface area contributed by atoms with Gasteiger partial charge in [0.25, 0.3) is 0 Å². The molecule has 1 aliphatic carbocycles. The summed E-state index contributed by atoms with van der Waals surface area (Å²) in [5, 5.41) is 9.23. The predicted molar refractivity (Wildman–Crippen MR) is 133 cm³/mol. The molecule has 1 saturated carbocycles. The standard InChI is InChI=1S/C20H34N4O2S2.HI/c1-21-19(22-15-17-8-12-24(13-9-17)28(2,25)26)23-16-20(10-4-3-5-11-20)18-7-6-14-27-18;/h6-7,14,17H,3-5,8-13,15-16H2,1-2H3,(H2,21,22,23);1H. The van der Waals surface area contributed by atoms with Crippen molar-refractivity contribution in [2.24, 2.45) is 10.9 Å². The molecule has 2 fully saturated rings. The summed E-state index contributed by atoms with van der Waals surface area (Å²) in [5.74, 6) is 1.34. The number of rotatable bonds is 6. The Morgan fingerprint density at radius 2 is 1.93 bits per heavy atom. The fraction of sp³-hybridized carbons (Fsp3) is 0.750. The predicted octanol–water partition coefficient (Wildman–Crippen LogP) is 3.40. The number of thiophene rings is 1. The largest absolute Gasteiger partial charge is 0.356 e. The van der Waals surface area contributed by atoms with E-state index >= 15 is 0 Å². The SMILES string of the molecule is CN=C(NCC1CCN(S(C)(=O)=O)CC1)NCC1(c2cccs2)CCCCC1.I. The monoisotopic (exact) mass is 554 g/mol. The Morgan fingerprint density at radius 3 is 2.48 bits per heavy atom. The van der Waals surface area contributed by atoms with Crippen LogP contribution >= 0.6 is 35.3 Å². The average molecular weight is 555 g/mol. The fourth-order valence-corrected chi connectivity index (χ4v) is 6.34. The van der Waals surface area contributed by atoms with Crippen LogP contribution in [0.4, 0.5) is 0 Å². The molecule has 1 saturated heterocycles. The summed E-state index contributed by atoms with van der Waals surface area (Å²) in [5.41, 5.74) is 0.227. The maximum atomic E-state index is 11.7. The molecule has 2 aliphatic rings. The lowest BCUT2D eigenvalue weighted by Crippen LogP contribution is -2.48. The highest BCUT2D eigenvalue weighted by atomic mass is 127. The van der Waals surface area contributed by atoms with Gasteiger partial charge in [0, 0.05) is 43.5 Å². The number of nitrogens with one attached hydrogen (secondary N) is 2. The van der Waals surface area contributed by atoms with E-state index in [2.05, 4.69) is 33.1 Å². The first kappa shape index (κ1) is 24.9. The zero-order valence-electron chi connectivity index (χ0n) is 17.5. The molecule has 0 spiro atoms. The second kappa shape index (κ2) is 11.3. The van der Waals surface area contributed by atoms with Crippen molar-refractivity contribution in [1.82, 2.24) is 14.9 Å². The van der Waals surface area contributed by atoms with Crippen molar-refractivity contribution < 1.29 is 8.42 Å². The highest BCUT2D eigenvalue weighted by Crippen LogP contribution is 2.41. The normalized spacial score (nSPS) is 21.4. The molecule has 3 rings (SSSR count). The first-order valence-electron chi connectivity index (χ1n) is 10.4. The first-order valence-corrected chi connectivity index (χ1v) is 13.1. The molecule has 0 amide bonds. The number of piperidine rings is 1. The minimum absolute atomic E-state index is 0. The number of guanidine groups is 1. The molecule has 2 heterocycles. The third-order valence-corrected chi connectivity index (χ3v) is 8.69. The summed E-state index contributed by atoms with van der Waals surface area (Å²) in [7, 11) is -1.24. The third-order valence-electron chi connectivity index (χ3n) is 6.27. The smallest absolute Gasteiger partial charge is 0.211 e. The maximum Gasteiger partial charge on any atom is 0.211 e. The van der Waals surface area contributed by atoms with Crippen LogP contribution in [0.2, 0.25) is 0 Å². The van der Waals surface area contributed by atoms with Gasteiger partial charge in [-0.3, -0.25) is 4.99 Å². The van der Waals surface area contributed by atoms with E-state index in [4.69, 9.17) is 0 Å². The molecule has 0 unspecified atom stereocenters. The minimum atomic E-state index is -3.06. The van der Waals surface area contributed by atoms with Gasteiger partial charge in [-0.15, -0.1) is 35.3 Å². The van der Waals surface area contributed by atoms with Crippen LogP contribution in [-0.2, 0) is 15.4 Å². The van der Waals surface area contributed by atoms with Crippen molar-refractivity contribution in [2.75, 3.05) is 39.5 Å². The Morgan fingerprint density at radius 1 is 1.24 bits per heavy atom. The molecular weight excluding hydrogens is 519 g/mol. The van der Waals surface area contributed by atoms with Crippen molar-refractivity contribution in [1.29, 1.82) is 0 Å². The summed E-state index contributed by atoms with van der Waals surface area (Å²) in [4.78, 5) is 5.90. The summed E-state index contributed by atoms with van der Waals surface area (Å²) in [6.07, 6.45) is 9.50. The highest BCUT2D eigenvalue weighted by Gasteiger charge is 2.35. The van der Waals surface area contributed by atoms with E-state index in [1.54, 1.807) is 4.31 Å². The van der Waals surface area contributed by atoms with Crippen molar-refractivity contribution in [3.05, 3.63) is 22.4 Å². The Balaban J connectivity index is 0.00000300. The van der Waals surface area contributed by atoms with Gasteiger partial charge in [-0.2, -0.15) is 0 Å². The zero-order valence-corrected chi connectivity index (χ0v) is 21.5. The lowest BCUT2D eigenvalue weighted by atomic mass is 9.73. The van der Waals surface area contributed by atoms with Crippen LogP contribution in [0.1, 0.15) is 49.8 Å². The Labute approximate surface area is 197 Å². The summed E-state index contributed by atoms with van der Waals surface area (Å²) < 4.78 is 24.9. The van der Waals surface area contributed by atoms with E-state index in [9.17, 15) is 8.42 Å². The molecule has 0 aromatic carbocycles. The number of halogens is 1. The van der Waals surface area contributed by atoms with Gasteiger partial charge in [-0.05, 0) is 43.0 Å². The molecule has 1 aliphatic heterocycles. The molecule has 0 radical (unpaired) electrons. The van der Waals surface area contributed by atoms with Gasteiger partial charge >= 0.3 is 0 Å². The minimum Gasteiger partial charge on any atom is -0.356 e. The molecule has 0 atom stereocenters. The Bertz CT molecular complexity index is 739. The lowest BCUT2D eigenvalue weighted by Gasteiger charge is -2.37. The molecule has 1 aromatic heterocycles. The van der Waals surface area contributed by atoms with Gasteiger partial charge < -0.3 is 10.6 Å². The summed E-state index contributed by atoms with van der Waals surface area (Å²) >= 11 is 1.87. The number of hydrogen-bond donors (Lipinski definition) is 2. The number of nitrogens with zero attached hydrogens (tertiary/aromatic N) is 2. The number of hydrogen-bond acceptors (Lipinski definition) is 4. The van der Waals surface area contributed by atoms with Gasteiger partial charge in [-0.25, -0.2) is 12.7 Å². The van der Waals surface area contributed by atoms with Gasteiger partial charge in [-0.1, -0.05) is 25.3 Å². The molecule has 29 heavy (non-hydrogen) atoms. The van der Waals surface area contributed by atoms with Gasteiger partial charge in [0.15, 0.2) is 5.96 Å². The van der Waals surface area contributed by atoms with Crippen LogP contribution in [0.3, 0.4) is 0 Å². The van der Waals surface area contributed by atoms with Crippen LogP contribution in [-0.4, -0.2) is 58.2 Å².